The Kier molecular flexibility index (Phi) is 2.91. The van der Waals surface area contributed by atoms with E-state index in [1.807, 2.05) is 6.92 Å². The second-order valence-electron chi connectivity index (χ2n) is 4.54. The average molecular weight is 238 g/mol. The van der Waals surface area contributed by atoms with E-state index >= 15 is 0 Å². The van der Waals surface area contributed by atoms with Gasteiger partial charge in [-0.2, -0.15) is 0 Å². The zero-order valence-electron chi connectivity index (χ0n) is 9.87. The van der Waals surface area contributed by atoms with Crippen LogP contribution in [-0.2, 0) is 14.9 Å². The van der Waals surface area contributed by atoms with E-state index in [0.29, 0.717) is 18.4 Å². The first kappa shape index (κ1) is 12.0. The van der Waals surface area contributed by atoms with Gasteiger partial charge >= 0.3 is 5.97 Å². The Bertz CT molecular complexity index is 452. The molecular formula is C13H15FO3. The molecule has 1 aromatic rings. The van der Waals surface area contributed by atoms with Gasteiger partial charge in [0.25, 0.3) is 0 Å². The number of hydrogen-bond donors (Lipinski definition) is 1. The van der Waals surface area contributed by atoms with Crippen molar-refractivity contribution in [3.05, 3.63) is 35.1 Å². The third-order valence-corrected chi connectivity index (χ3v) is 3.47. The molecule has 1 fully saturated rings. The van der Waals surface area contributed by atoms with Crippen LogP contribution in [0.1, 0.15) is 24.0 Å². The van der Waals surface area contributed by atoms with E-state index in [1.165, 1.54) is 19.2 Å². The molecule has 1 atom stereocenters. The first-order valence-corrected chi connectivity index (χ1v) is 5.54. The normalized spacial score (nSPS) is 18.6. The lowest BCUT2D eigenvalue weighted by Gasteiger charge is -2.22. The fourth-order valence-electron chi connectivity index (χ4n) is 2.29. The Morgan fingerprint density at radius 3 is 2.71 bits per heavy atom. The van der Waals surface area contributed by atoms with Gasteiger partial charge < -0.3 is 9.84 Å². The molecule has 0 saturated heterocycles. The van der Waals surface area contributed by atoms with Crippen LogP contribution in [0.3, 0.4) is 0 Å². The second kappa shape index (κ2) is 4.11. The number of rotatable bonds is 3. The molecule has 0 aromatic heterocycles. The van der Waals surface area contributed by atoms with Crippen molar-refractivity contribution in [3.8, 4) is 0 Å². The molecule has 4 heteroatoms. The van der Waals surface area contributed by atoms with Crippen molar-refractivity contribution in [3.63, 3.8) is 0 Å². The minimum absolute atomic E-state index is 0.353. The average Bonchev–Trinajstić information content (AvgIpc) is 3.11. The number of methoxy groups -OCH3 is 1. The highest BCUT2D eigenvalue weighted by Gasteiger charge is 2.54. The summed E-state index contributed by atoms with van der Waals surface area (Å²) in [5.41, 5.74) is 0.932. The summed E-state index contributed by atoms with van der Waals surface area (Å²) in [6.07, 6.45) is 0.134. The van der Waals surface area contributed by atoms with Crippen molar-refractivity contribution >= 4 is 5.97 Å². The Hall–Kier alpha value is -1.42. The zero-order chi connectivity index (χ0) is 12.6. The smallest absolute Gasteiger partial charge is 0.335 e. The summed E-state index contributed by atoms with van der Waals surface area (Å²) in [4.78, 5) is 11.4. The van der Waals surface area contributed by atoms with Crippen molar-refractivity contribution in [2.24, 2.45) is 0 Å². The lowest BCUT2D eigenvalue weighted by atomic mass is 9.87. The first-order valence-electron chi connectivity index (χ1n) is 5.54. The number of ether oxygens (including phenoxy) is 1. The van der Waals surface area contributed by atoms with Crippen LogP contribution in [0.15, 0.2) is 18.2 Å². The van der Waals surface area contributed by atoms with Crippen LogP contribution in [-0.4, -0.2) is 24.3 Å². The molecule has 0 bridgehead atoms. The summed E-state index contributed by atoms with van der Waals surface area (Å²) >= 11 is 0. The topological polar surface area (TPSA) is 46.5 Å². The van der Waals surface area contributed by atoms with Crippen molar-refractivity contribution in [1.82, 2.24) is 0 Å². The maximum Gasteiger partial charge on any atom is 0.335 e. The predicted molar refractivity (Wildman–Crippen MR) is 60.1 cm³/mol. The van der Waals surface area contributed by atoms with Crippen molar-refractivity contribution in [1.29, 1.82) is 0 Å². The van der Waals surface area contributed by atoms with Gasteiger partial charge in [-0.15, -0.1) is 0 Å². The number of halogens is 1. The van der Waals surface area contributed by atoms with Crippen LogP contribution in [0.5, 0.6) is 0 Å². The Labute approximate surface area is 99.2 Å². The molecule has 1 N–H and O–H groups in total. The molecule has 1 saturated carbocycles. The molecule has 0 heterocycles. The summed E-state index contributed by atoms with van der Waals surface area (Å²) in [6, 6.07) is 4.43. The highest BCUT2D eigenvalue weighted by Crippen LogP contribution is 2.52. The summed E-state index contributed by atoms with van der Waals surface area (Å²) in [7, 11) is 1.24. The summed E-state index contributed by atoms with van der Waals surface area (Å²) < 4.78 is 17.8. The van der Waals surface area contributed by atoms with Crippen molar-refractivity contribution in [2.45, 2.75) is 31.3 Å². The maximum absolute atomic E-state index is 13.3. The SMILES string of the molecule is COC(=O)C(O)C1(c2cc(F)ccc2C)CC1. The molecule has 92 valence electrons. The Morgan fingerprint density at radius 1 is 1.53 bits per heavy atom. The predicted octanol–water partition coefficient (Wildman–Crippen LogP) is 1.70. The van der Waals surface area contributed by atoms with Gasteiger partial charge in [-0.3, -0.25) is 0 Å². The fraction of sp³-hybridized carbons (Fsp3) is 0.462. The maximum atomic E-state index is 13.3. The highest BCUT2D eigenvalue weighted by molar-refractivity contribution is 5.77. The van der Waals surface area contributed by atoms with E-state index in [9.17, 15) is 14.3 Å². The Morgan fingerprint density at radius 2 is 2.18 bits per heavy atom. The highest BCUT2D eigenvalue weighted by atomic mass is 19.1. The molecule has 0 aliphatic heterocycles. The van der Waals surface area contributed by atoms with Crippen LogP contribution in [0, 0.1) is 12.7 Å². The van der Waals surface area contributed by atoms with Crippen LogP contribution >= 0.6 is 0 Å². The van der Waals surface area contributed by atoms with Gasteiger partial charge in [0.2, 0.25) is 0 Å². The molecule has 0 spiro atoms. The molecule has 1 unspecified atom stereocenters. The van der Waals surface area contributed by atoms with E-state index in [0.717, 1.165) is 5.56 Å². The number of esters is 1. The van der Waals surface area contributed by atoms with E-state index < -0.39 is 17.5 Å². The van der Waals surface area contributed by atoms with Crippen LogP contribution in [0.25, 0.3) is 0 Å². The minimum atomic E-state index is -1.21. The number of aryl methyl sites for hydroxylation is 1. The van der Waals surface area contributed by atoms with Gasteiger partial charge in [-0.05, 0) is 43.0 Å². The number of benzene rings is 1. The third-order valence-electron chi connectivity index (χ3n) is 3.47. The zero-order valence-corrected chi connectivity index (χ0v) is 9.87. The standard InChI is InChI=1S/C13H15FO3/c1-8-3-4-9(14)7-10(8)13(5-6-13)11(15)12(16)17-2/h3-4,7,11,15H,5-6H2,1-2H3. The number of aliphatic hydroxyl groups is 1. The molecule has 1 aliphatic rings. The molecule has 0 amide bonds. The molecule has 2 rings (SSSR count). The third kappa shape index (κ3) is 1.93. The first-order chi connectivity index (χ1) is 8.01. The van der Waals surface area contributed by atoms with Gasteiger partial charge in [-0.1, -0.05) is 6.07 Å². The molecule has 0 radical (unpaired) electrons. The van der Waals surface area contributed by atoms with Crippen LogP contribution < -0.4 is 0 Å². The van der Waals surface area contributed by atoms with E-state index in [2.05, 4.69) is 4.74 Å². The second-order valence-corrected chi connectivity index (χ2v) is 4.54. The fourth-order valence-corrected chi connectivity index (χ4v) is 2.29. The quantitative estimate of drug-likeness (QED) is 0.815. The van der Waals surface area contributed by atoms with E-state index in [4.69, 9.17) is 0 Å². The number of carbonyl (C=O) groups excluding carboxylic acids is 1. The van der Waals surface area contributed by atoms with Gasteiger partial charge in [0.1, 0.15) is 5.82 Å². The molecular weight excluding hydrogens is 223 g/mol. The minimum Gasteiger partial charge on any atom is -0.467 e. The molecule has 3 nitrogen and oxygen atoms in total. The number of carbonyl (C=O) groups is 1. The van der Waals surface area contributed by atoms with Crippen LogP contribution in [0.2, 0.25) is 0 Å². The van der Waals surface area contributed by atoms with Gasteiger partial charge in [0.05, 0.1) is 7.11 Å². The van der Waals surface area contributed by atoms with E-state index in [-0.39, 0.29) is 5.82 Å². The van der Waals surface area contributed by atoms with Gasteiger partial charge in [0.15, 0.2) is 6.10 Å². The van der Waals surface area contributed by atoms with Crippen molar-refractivity contribution in [2.75, 3.05) is 7.11 Å². The summed E-state index contributed by atoms with van der Waals surface area (Å²) in [6.45, 7) is 1.85. The largest absolute Gasteiger partial charge is 0.467 e. The molecule has 17 heavy (non-hydrogen) atoms. The van der Waals surface area contributed by atoms with Gasteiger partial charge in [0, 0.05) is 5.41 Å². The number of hydrogen-bond acceptors (Lipinski definition) is 3. The van der Waals surface area contributed by atoms with E-state index in [1.54, 1.807) is 6.07 Å². The monoisotopic (exact) mass is 238 g/mol. The molecule has 1 aromatic carbocycles. The Balaban J connectivity index is 2.38. The van der Waals surface area contributed by atoms with Crippen molar-refractivity contribution < 1.29 is 19.0 Å². The van der Waals surface area contributed by atoms with Crippen LogP contribution in [0.4, 0.5) is 4.39 Å². The summed E-state index contributed by atoms with van der Waals surface area (Å²) in [5.74, 6) is -1.01. The number of aliphatic hydroxyl groups excluding tert-OH is 1. The van der Waals surface area contributed by atoms with Gasteiger partial charge in [-0.25, -0.2) is 9.18 Å². The molecule has 1 aliphatic carbocycles. The summed E-state index contributed by atoms with van der Waals surface area (Å²) in [5, 5.41) is 9.98. The lowest BCUT2D eigenvalue weighted by molar-refractivity contribution is -0.152. The lowest BCUT2D eigenvalue weighted by Crippen LogP contribution is -2.35.